The molecule has 3 heteroatoms. The van der Waals surface area contributed by atoms with E-state index in [4.69, 9.17) is 5.11 Å². The summed E-state index contributed by atoms with van der Waals surface area (Å²) >= 11 is 0. The Balaban J connectivity index is 1.88. The molecule has 2 rings (SSSR count). The highest BCUT2D eigenvalue weighted by Crippen LogP contribution is 2.60. The summed E-state index contributed by atoms with van der Waals surface area (Å²) in [7, 11) is 0. The van der Waals surface area contributed by atoms with Crippen molar-refractivity contribution in [2.75, 3.05) is 6.54 Å². The molecule has 1 saturated heterocycles. The highest BCUT2D eigenvalue weighted by atomic mass is 16.4. The molecule has 1 spiro atoms. The van der Waals surface area contributed by atoms with Gasteiger partial charge in [-0.1, -0.05) is 13.8 Å². The molecule has 1 unspecified atom stereocenters. The van der Waals surface area contributed by atoms with E-state index in [9.17, 15) is 4.79 Å². The maximum atomic E-state index is 10.8. The van der Waals surface area contributed by atoms with Crippen molar-refractivity contribution < 1.29 is 9.90 Å². The van der Waals surface area contributed by atoms with Crippen LogP contribution in [0.15, 0.2) is 0 Å². The standard InChI is InChI=1S/C11H19NO2/c1-7(2)3-8-4-11(8)5-9(10(13)14)12-6-11/h7-9,12H,3-6H2,1-2H3,(H,13,14)/t8-,9-,11?/m0/s1. The first-order valence-corrected chi connectivity index (χ1v) is 5.50. The van der Waals surface area contributed by atoms with Crippen molar-refractivity contribution in [2.45, 2.75) is 39.2 Å². The lowest BCUT2D eigenvalue weighted by Crippen LogP contribution is -2.29. The fraction of sp³-hybridized carbons (Fsp3) is 0.909. The van der Waals surface area contributed by atoms with Gasteiger partial charge in [0.05, 0.1) is 0 Å². The fourth-order valence-electron chi connectivity index (χ4n) is 2.85. The minimum absolute atomic E-state index is 0.285. The minimum atomic E-state index is -0.683. The predicted octanol–water partition coefficient (Wildman–Crippen LogP) is 1.49. The minimum Gasteiger partial charge on any atom is -0.480 e. The molecule has 1 saturated carbocycles. The van der Waals surface area contributed by atoms with Gasteiger partial charge in [0.15, 0.2) is 0 Å². The van der Waals surface area contributed by atoms with E-state index >= 15 is 0 Å². The van der Waals surface area contributed by atoms with Crippen LogP contribution in [0.3, 0.4) is 0 Å². The summed E-state index contributed by atoms with van der Waals surface area (Å²) in [6.07, 6.45) is 3.34. The molecular formula is C11H19NO2. The molecule has 2 fully saturated rings. The summed E-state index contributed by atoms with van der Waals surface area (Å²) in [6, 6.07) is -0.285. The zero-order valence-electron chi connectivity index (χ0n) is 8.92. The van der Waals surface area contributed by atoms with Crippen LogP contribution in [-0.4, -0.2) is 23.7 Å². The molecule has 80 valence electrons. The van der Waals surface area contributed by atoms with Gasteiger partial charge in [-0.15, -0.1) is 0 Å². The summed E-state index contributed by atoms with van der Waals surface area (Å²) < 4.78 is 0. The molecule has 2 N–H and O–H groups in total. The van der Waals surface area contributed by atoms with Crippen molar-refractivity contribution in [3.63, 3.8) is 0 Å². The molecule has 3 atom stereocenters. The van der Waals surface area contributed by atoms with Crippen molar-refractivity contribution in [1.82, 2.24) is 5.32 Å². The Morgan fingerprint density at radius 2 is 2.29 bits per heavy atom. The number of hydrogen-bond acceptors (Lipinski definition) is 2. The first kappa shape index (κ1) is 9.97. The molecule has 14 heavy (non-hydrogen) atoms. The van der Waals surface area contributed by atoms with Crippen molar-refractivity contribution >= 4 is 5.97 Å². The molecule has 1 aliphatic heterocycles. The zero-order valence-corrected chi connectivity index (χ0v) is 8.92. The summed E-state index contributed by atoms with van der Waals surface area (Å²) in [5, 5.41) is 12.0. The Kier molecular flexibility index (Phi) is 2.30. The van der Waals surface area contributed by atoms with Crippen LogP contribution in [-0.2, 0) is 4.79 Å². The molecule has 1 heterocycles. The lowest BCUT2D eigenvalue weighted by Gasteiger charge is -2.09. The van der Waals surface area contributed by atoms with E-state index in [2.05, 4.69) is 19.2 Å². The molecule has 0 aromatic carbocycles. The molecule has 0 bridgehead atoms. The van der Waals surface area contributed by atoms with Gasteiger partial charge in [0.2, 0.25) is 0 Å². The summed E-state index contributed by atoms with van der Waals surface area (Å²) in [6.45, 7) is 5.40. The first-order valence-electron chi connectivity index (χ1n) is 5.50. The number of hydrogen-bond donors (Lipinski definition) is 2. The van der Waals surface area contributed by atoms with Crippen LogP contribution in [0.1, 0.15) is 33.1 Å². The van der Waals surface area contributed by atoms with Crippen LogP contribution in [0.4, 0.5) is 0 Å². The summed E-state index contributed by atoms with van der Waals surface area (Å²) in [4.78, 5) is 10.8. The molecule has 0 radical (unpaired) electrons. The van der Waals surface area contributed by atoms with E-state index in [1.54, 1.807) is 0 Å². The third kappa shape index (κ3) is 1.65. The topological polar surface area (TPSA) is 49.3 Å². The molecular weight excluding hydrogens is 178 g/mol. The van der Waals surface area contributed by atoms with E-state index in [0.717, 1.165) is 24.8 Å². The second kappa shape index (κ2) is 3.23. The summed E-state index contributed by atoms with van der Waals surface area (Å²) in [5.41, 5.74) is 0.354. The zero-order chi connectivity index (χ0) is 10.3. The van der Waals surface area contributed by atoms with Gasteiger partial charge in [-0.25, -0.2) is 0 Å². The number of carbonyl (C=O) groups is 1. The fourth-order valence-corrected chi connectivity index (χ4v) is 2.85. The third-order valence-electron chi connectivity index (χ3n) is 3.72. The molecule has 0 aromatic heterocycles. The van der Waals surface area contributed by atoms with Crippen LogP contribution in [0.2, 0.25) is 0 Å². The van der Waals surface area contributed by atoms with E-state index in [0.29, 0.717) is 5.41 Å². The molecule has 1 aliphatic carbocycles. The Hall–Kier alpha value is -0.570. The van der Waals surface area contributed by atoms with Crippen molar-refractivity contribution in [1.29, 1.82) is 0 Å². The van der Waals surface area contributed by atoms with E-state index in [1.165, 1.54) is 12.8 Å². The van der Waals surface area contributed by atoms with Gasteiger partial charge in [0.25, 0.3) is 0 Å². The summed E-state index contributed by atoms with van der Waals surface area (Å²) in [5.74, 6) is 0.833. The van der Waals surface area contributed by atoms with Gasteiger partial charge in [-0.2, -0.15) is 0 Å². The second-order valence-electron chi connectivity index (χ2n) is 5.37. The maximum absolute atomic E-state index is 10.8. The predicted molar refractivity (Wildman–Crippen MR) is 54.0 cm³/mol. The Morgan fingerprint density at radius 1 is 1.57 bits per heavy atom. The lowest BCUT2D eigenvalue weighted by molar-refractivity contribution is -0.139. The smallest absolute Gasteiger partial charge is 0.320 e. The largest absolute Gasteiger partial charge is 0.480 e. The quantitative estimate of drug-likeness (QED) is 0.720. The lowest BCUT2D eigenvalue weighted by atomic mass is 9.95. The molecule has 3 nitrogen and oxygen atoms in total. The Morgan fingerprint density at radius 3 is 2.79 bits per heavy atom. The normalized spacial score (nSPS) is 40.8. The number of aliphatic carboxylic acids is 1. The monoisotopic (exact) mass is 197 g/mol. The average molecular weight is 197 g/mol. The third-order valence-corrected chi connectivity index (χ3v) is 3.72. The van der Waals surface area contributed by atoms with Gasteiger partial charge >= 0.3 is 5.97 Å². The van der Waals surface area contributed by atoms with Crippen molar-refractivity contribution in [3.05, 3.63) is 0 Å². The molecule has 0 amide bonds. The van der Waals surface area contributed by atoms with Crippen LogP contribution in [0, 0.1) is 17.3 Å². The number of nitrogens with one attached hydrogen (secondary N) is 1. The SMILES string of the molecule is CC(C)C[C@H]1CC12CN[C@H](C(=O)O)C2. The van der Waals surface area contributed by atoms with Crippen LogP contribution in [0.25, 0.3) is 0 Å². The van der Waals surface area contributed by atoms with Crippen molar-refractivity contribution in [2.24, 2.45) is 17.3 Å². The molecule has 0 aromatic rings. The Labute approximate surface area is 84.9 Å². The number of rotatable bonds is 3. The highest BCUT2D eigenvalue weighted by Gasteiger charge is 2.58. The van der Waals surface area contributed by atoms with Gasteiger partial charge in [0.1, 0.15) is 6.04 Å². The van der Waals surface area contributed by atoms with E-state index in [-0.39, 0.29) is 6.04 Å². The van der Waals surface area contributed by atoms with Gasteiger partial charge in [-0.3, -0.25) is 4.79 Å². The van der Waals surface area contributed by atoms with Gasteiger partial charge in [-0.05, 0) is 36.5 Å². The average Bonchev–Trinajstić information content (AvgIpc) is 2.57. The van der Waals surface area contributed by atoms with E-state index < -0.39 is 5.97 Å². The van der Waals surface area contributed by atoms with Gasteiger partial charge in [0, 0.05) is 6.54 Å². The second-order valence-corrected chi connectivity index (χ2v) is 5.37. The maximum Gasteiger partial charge on any atom is 0.320 e. The van der Waals surface area contributed by atoms with Crippen LogP contribution in [0.5, 0.6) is 0 Å². The van der Waals surface area contributed by atoms with Gasteiger partial charge < -0.3 is 10.4 Å². The van der Waals surface area contributed by atoms with E-state index in [1.807, 2.05) is 0 Å². The van der Waals surface area contributed by atoms with Crippen molar-refractivity contribution in [3.8, 4) is 0 Å². The first-order chi connectivity index (χ1) is 6.53. The van der Waals surface area contributed by atoms with Crippen LogP contribution >= 0.6 is 0 Å². The number of carboxylic acids is 1. The van der Waals surface area contributed by atoms with Crippen LogP contribution < -0.4 is 5.32 Å². The Bertz CT molecular complexity index is 252. The number of carboxylic acid groups (broad SMARTS) is 1. The molecule has 2 aliphatic rings. The highest BCUT2D eigenvalue weighted by molar-refractivity contribution is 5.74.